The Kier molecular flexibility index (Phi) is 3.94. The Morgan fingerprint density at radius 3 is 2.88 bits per heavy atom. The summed E-state index contributed by atoms with van der Waals surface area (Å²) in [4.78, 5) is 21.4. The zero-order valence-electron chi connectivity index (χ0n) is 9.90. The van der Waals surface area contributed by atoms with E-state index in [1.54, 1.807) is 6.07 Å². The number of nitrogens with zero attached hydrogens (tertiary/aromatic N) is 3. The highest BCUT2D eigenvalue weighted by atomic mass is 35.5. The van der Waals surface area contributed by atoms with Crippen molar-refractivity contribution in [3.8, 4) is 0 Å². The van der Waals surface area contributed by atoms with E-state index < -0.39 is 5.24 Å². The number of halogens is 1. The van der Waals surface area contributed by atoms with Crippen LogP contribution in [0.3, 0.4) is 0 Å². The molecule has 0 bridgehead atoms. The van der Waals surface area contributed by atoms with E-state index in [2.05, 4.69) is 21.8 Å². The molecule has 0 amide bonds. The third-order valence-electron chi connectivity index (χ3n) is 2.85. The summed E-state index contributed by atoms with van der Waals surface area (Å²) in [6.45, 7) is 4.10. The van der Waals surface area contributed by atoms with Gasteiger partial charge in [0.15, 0.2) is 0 Å². The predicted octanol–water partition coefficient (Wildman–Crippen LogP) is 2.48. The van der Waals surface area contributed by atoms with E-state index in [0.29, 0.717) is 0 Å². The maximum absolute atomic E-state index is 11.1. The van der Waals surface area contributed by atoms with Crippen LogP contribution in [0.25, 0.3) is 0 Å². The number of hydrogen-bond acceptors (Lipinski definition) is 4. The van der Waals surface area contributed by atoms with Crippen LogP contribution in [0.15, 0.2) is 12.4 Å². The third-order valence-corrected chi connectivity index (χ3v) is 3.04. The van der Waals surface area contributed by atoms with Gasteiger partial charge in [0.05, 0.1) is 0 Å². The number of hydrogen-bond donors (Lipinski definition) is 0. The zero-order valence-corrected chi connectivity index (χ0v) is 10.7. The molecule has 0 N–H and O–H groups in total. The van der Waals surface area contributed by atoms with E-state index in [0.717, 1.165) is 31.2 Å². The van der Waals surface area contributed by atoms with Gasteiger partial charge in [-0.1, -0.05) is 6.92 Å². The fourth-order valence-corrected chi connectivity index (χ4v) is 1.91. The molecular weight excluding hydrogens is 238 g/mol. The molecule has 17 heavy (non-hydrogen) atoms. The average Bonchev–Trinajstić information content (AvgIpc) is 3.12. The van der Waals surface area contributed by atoms with Gasteiger partial charge in [0.1, 0.15) is 17.8 Å². The quantitative estimate of drug-likeness (QED) is 0.731. The molecule has 1 aliphatic rings. The van der Waals surface area contributed by atoms with Crippen LogP contribution < -0.4 is 4.90 Å². The van der Waals surface area contributed by atoms with Crippen LogP contribution in [0.2, 0.25) is 0 Å². The van der Waals surface area contributed by atoms with E-state index in [4.69, 9.17) is 11.6 Å². The van der Waals surface area contributed by atoms with E-state index in [1.807, 2.05) is 0 Å². The largest absolute Gasteiger partial charge is 0.356 e. The van der Waals surface area contributed by atoms with Gasteiger partial charge in [-0.15, -0.1) is 0 Å². The molecular formula is C12H16ClN3O. The average molecular weight is 254 g/mol. The van der Waals surface area contributed by atoms with E-state index in [-0.39, 0.29) is 5.69 Å². The van der Waals surface area contributed by atoms with Crippen molar-refractivity contribution >= 4 is 22.7 Å². The van der Waals surface area contributed by atoms with Crippen molar-refractivity contribution in [2.45, 2.75) is 26.2 Å². The molecule has 1 saturated carbocycles. The van der Waals surface area contributed by atoms with Gasteiger partial charge in [-0.2, -0.15) is 0 Å². The van der Waals surface area contributed by atoms with Gasteiger partial charge < -0.3 is 4.90 Å². The summed E-state index contributed by atoms with van der Waals surface area (Å²) in [6.07, 6.45) is 5.06. The molecule has 0 spiro atoms. The summed E-state index contributed by atoms with van der Waals surface area (Å²) in [6, 6.07) is 1.67. The Labute approximate surface area is 106 Å². The van der Waals surface area contributed by atoms with Crippen LogP contribution in [0.5, 0.6) is 0 Å². The highest BCUT2D eigenvalue weighted by Gasteiger charge is 2.25. The highest BCUT2D eigenvalue weighted by Crippen LogP contribution is 2.31. The van der Waals surface area contributed by atoms with Crippen LogP contribution >= 0.6 is 11.6 Å². The Morgan fingerprint density at radius 1 is 1.53 bits per heavy atom. The lowest BCUT2D eigenvalue weighted by atomic mass is 10.3. The van der Waals surface area contributed by atoms with E-state index in [1.165, 1.54) is 19.2 Å². The van der Waals surface area contributed by atoms with Gasteiger partial charge in [0, 0.05) is 19.2 Å². The molecule has 2 rings (SSSR count). The minimum absolute atomic E-state index is 0.272. The molecule has 1 aromatic rings. The van der Waals surface area contributed by atoms with Crippen LogP contribution in [0, 0.1) is 5.92 Å². The third kappa shape index (κ3) is 3.40. The molecule has 1 aliphatic carbocycles. The normalized spacial score (nSPS) is 14.7. The summed E-state index contributed by atoms with van der Waals surface area (Å²) in [5.74, 6) is 1.59. The fourth-order valence-electron chi connectivity index (χ4n) is 1.81. The minimum atomic E-state index is -0.531. The lowest BCUT2D eigenvalue weighted by Gasteiger charge is -2.22. The Bertz CT molecular complexity index is 406. The number of aromatic nitrogens is 2. The van der Waals surface area contributed by atoms with Gasteiger partial charge in [-0.25, -0.2) is 9.97 Å². The molecule has 1 aromatic heterocycles. The van der Waals surface area contributed by atoms with Crippen LogP contribution in [-0.2, 0) is 0 Å². The molecule has 1 heterocycles. The first-order valence-corrected chi connectivity index (χ1v) is 6.35. The second-order valence-electron chi connectivity index (χ2n) is 4.42. The molecule has 4 nitrogen and oxygen atoms in total. The second-order valence-corrected chi connectivity index (χ2v) is 4.77. The lowest BCUT2D eigenvalue weighted by Crippen LogP contribution is -2.27. The van der Waals surface area contributed by atoms with Crippen molar-refractivity contribution in [2.75, 3.05) is 18.0 Å². The topological polar surface area (TPSA) is 46.1 Å². The Hall–Kier alpha value is -1.16. The predicted molar refractivity (Wildman–Crippen MR) is 67.4 cm³/mol. The lowest BCUT2D eigenvalue weighted by molar-refractivity contribution is 0.107. The number of carbonyl (C=O) groups excluding carboxylic acids is 1. The van der Waals surface area contributed by atoms with Gasteiger partial charge in [0.2, 0.25) is 0 Å². The zero-order chi connectivity index (χ0) is 12.3. The molecule has 0 radical (unpaired) electrons. The standard InChI is InChI=1S/C12H16ClN3O/c1-2-5-16(7-9-3-4-9)11-6-10(12(13)17)14-8-15-11/h6,8-9H,2-5,7H2,1H3. The van der Waals surface area contributed by atoms with Crippen molar-refractivity contribution in [3.05, 3.63) is 18.1 Å². The van der Waals surface area contributed by atoms with Crippen LogP contribution in [-0.4, -0.2) is 28.3 Å². The Balaban J connectivity index is 2.15. The molecule has 0 saturated heterocycles. The number of carbonyl (C=O) groups is 1. The molecule has 92 valence electrons. The van der Waals surface area contributed by atoms with Crippen molar-refractivity contribution in [1.82, 2.24) is 9.97 Å². The van der Waals surface area contributed by atoms with Gasteiger partial charge in [-0.3, -0.25) is 4.79 Å². The molecule has 1 fully saturated rings. The van der Waals surface area contributed by atoms with Gasteiger partial charge >= 0.3 is 0 Å². The van der Waals surface area contributed by atoms with Crippen molar-refractivity contribution in [1.29, 1.82) is 0 Å². The molecule has 0 unspecified atom stereocenters. The van der Waals surface area contributed by atoms with E-state index >= 15 is 0 Å². The fraction of sp³-hybridized carbons (Fsp3) is 0.583. The summed E-state index contributed by atoms with van der Waals surface area (Å²) in [5, 5.41) is -0.531. The van der Waals surface area contributed by atoms with Gasteiger partial charge in [0.25, 0.3) is 5.24 Å². The first kappa shape index (κ1) is 12.3. The summed E-state index contributed by atoms with van der Waals surface area (Å²) in [5.41, 5.74) is 0.272. The maximum Gasteiger partial charge on any atom is 0.271 e. The summed E-state index contributed by atoms with van der Waals surface area (Å²) < 4.78 is 0. The number of anilines is 1. The van der Waals surface area contributed by atoms with Gasteiger partial charge in [-0.05, 0) is 36.8 Å². The number of rotatable bonds is 6. The molecule has 0 aliphatic heterocycles. The first-order valence-electron chi connectivity index (χ1n) is 5.97. The SMILES string of the molecule is CCCN(CC1CC1)c1cc(C(=O)Cl)ncn1. The van der Waals surface area contributed by atoms with Crippen LogP contribution in [0.4, 0.5) is 5.82 Å². The van der Waals surface area contributed by atoms with Crippen molar-refractivity contribution < 1.29 is 4.79 Å². The Morgan fingerprint density at radius 2 is 2.29 bits per heavy atom. The molecule has 0 atom stereocenters. The molecule has 0 aromatic carbocycles. The second kappa shape index (κ2) is 5.45. The summed E-state index contributed by atoms with van der Waals surface area (Å²) >= 11 is 5.43. The van der Waals surface area contributed by atoms with Crippen molar-refractivity contribution in [2.24, 2.45) is 5.92 Å². The summed E-state index contributed by atoms with van der Waals surface area (Å²) in [7, 11) is 0. The molecule has 5 heteroatoms. The smallest absolute Gasteiger partial charge is 0.271 e. The maximum atomic E-state index is 11.1. The van der Waals surface area contributed by atoms with Crippen LogP contribution in [0.1, 0.15) is 36.7 Å². The first-order chi connectivity index (χ1) is 8.20. The highest BCUT2D eigenvalue weighted by molar-refractivity contribution is 6.67. The monoisotopic (exact) mass is 253 g/mol. The van der Waals surface area contributed by atoms with Crippen molar-refractivity contribution in [3.63, 3.8) is 0 Å². The van der Waals surface area contributed by atoms with E-state index in [9.17, 15) is 4.79 Å². The minimum Gasteiger partial charge on any atom is -0.356 e.